The fourth-order valence-electron chi connectivity index (χ4n) is 4.83. The Morgan fingerprint density at radius 3 is 2.86 bits per heavy atom. The largest absolute Gasteiger partial charge is 0.467 e. The molecule has 1 aromatic carbocycles. The number of nitrogens with zero attached hydrogens (tertiary/aromatic N) is 2. The van der Waals surface area contributed by atoms with Gasteiger partial charge in [-0.3, -0.25) is 0 Å². The minimum absolute atomic E-state index is 0.114. The molecule has 1 aromatic heterocycles. The number of nitrogens with one attached hydrogen (secondary N) is 1. The number of carbonyl (C=O) groups excluding carboxylic acids is 1. The summed E-state index contributed by atoms with van der Waals surface area (Å²) in [6.45, 7) is 6.81. The van der Waals surface area contributed by atoms with Crippen molar-refractivity contribution in [1.82, 2.24) is 15.5 Å². The molecule has 1 N–H and O–H groups in total. The third-order valence-corrected chi connectivity index (χ3v) is 6.60. The van der Waals surface area contributed by atoms with Crippen LogP contribution in [-0.2, 0) is 20.6 Å². The monoisotopic (exact) mass is 529 g/mol. The van der Waals surface area contributed by atoms with Crippen molar-refractivity contribution in [2.75, 3.05) is 27.1 Å². The van der Waals surface area contributed by atoms with Crippen LogP contribution in [-0.4, -0.2) is 55.0 Å². The second-order valence-electron chi connectivity index (χ2n) is 10.5. The molecule has 200 valence electrons. The third kappa shape index (κ3) is 7.43. The molecular weight excluding hydrogens is 494 g/mol. The van der Waals surface area contributed by atoms with Crippen molar-refractivity contribution < 1.29 is 23.7 Å². The van der Waals surface area contributed by atoms with Crippen molar-refractivity contribution in [2.45, 2.75) is 64.5 Å². The molecule has 1 saturated heterocycles. The van der Waals surface area contributed by atoms with Crippen molar-refractivity contribution >= 4 is 23.3 Å². The number of fused-ring (bicyclic) bond motifs is 1. The van der Waals surface area contributed by atoms with E-state index in [1.165, 1.54) is 5.57 Å². The molecule has 37 heavy (non-hydrogen) atoms. The fourth-order valence-corrected chi connectivity index (χ4v) is 4.99. The van der Waals surface area contributed by atoms with E-state index in [0.29, 0.717) is 24.0 Å². The molecule has 0 spiro atoms. The van der Waals surface area contributed by atoms with E-state index in [9.17, 15) is 4.79 Å². The summed E-state index contributed by atoms with van der Waals surface area (Å²) in [7, 11) is 1.58. The summed E-state index contributed by atoms with van der Waals surface area (Å²) in [6.07, 6.45) is 6.33. The lowest BCUT2D eigenvalue weighted by atomic mass is 9.81. The van der Waals surface area contributed by atoms with Gasteiger partial charge in [0, 0.05) is 24.3 Å². The van der Waals surface area contributed by atoms with Gasteiger partial charge in [-0.05, 0) is 94.2 Å². The molecule has 2 aliphatic rings. The highest BCUT2D eigenvalue weighted by molar-refractivity contribution is 6.30. The SMILES string of the molecule is COCOc1cc(Cl)ccc1-c1cc2c(nn1)C([C@@H]1CCCOCC(NC(=O)OC(C)(C)C)C1)=CCC2. The molecule has 1 aliphatic carbocycles. The second kappa shape index (κ2) is 12.2. The Kier molecular flexibility index (Phi) is 9.05. The Balaban J connectivity index is 1.56. The van der Waals surface area contributed by atoms with Crippen LogP contribution < -0.4 is 10.1 Å². The number of aryl methyl sites for hydroxylation is 1. The van der Waals surface area contributed by atoms with Crippen molar-refractivity contribution in [3.05, 3.63) is 46.6 Å². The zero-order valence-corrected chi connectivity index (χ0v) is 22.8. The van der Waals surface area contributed by atoms with E-state index in [1.807, 2.05) is 32.9 Å². The lowest BCUT2D eigenvalue weighted by molar-refractivity contribution is 0.0399. The molecule has 0 saturated carbocycles. The Morgan fingerprint density at radius 1 is 1.24 bits per heavy atom. The number of hydrogen-bond acceptors (Lipinski definition) is 7. The molecule has 2 aromatic rings. The molecule has 1 fully saturated rings. The van der Waals surface area contributed by atoms with Gasteiger partial charge < -0.3 is 24.3 Å². The van der Waals surface area contributed by atoms with Gasteiger partial charge in [0.05, 0.1) is 24.0 Å². The normalized spacial score (nSPS) is 20.2. The number of methoxy groups -OCH3 is 1. The maximum atomic E-state index is 12.4. The number of alkyl carbamates (subject to hydrolysis) is 1. The second-order valence-corrected chi connectivity index (χ2v) is 10.9. The Bertz CT molecular complexity index is 1130. The van der Waals surface area contributed by atoms with Crippen molar-refractivity contribution in [3.63, 3.8) is 0 Å². The summed E-state index contributed by atoms with van der Waals surface area (Å²) in [4.78, 5) is 12.4. The average molecular weight is 530 g/mol. The van der Waals surface area contributed by atoms with Crippen molar-refractivity contribution in [3.8, 4) is 17.0 Å². The summed E-state index contributed by atoms with van der Waals surface area (Å²) < 4.78 is 22.1. The van der Waals surface area contributed by atoms with Crippen LogP contribution in [0.4, 0.5) is 4.79 Å². The van der Waals surface area contributed by atoms with Crippen LogP contribution in [0.25, 0.3) is 16.8 Å². The maximum Gasteiger partial charge on any atom is 0.407 e. The predicted octanol–water partition coefficient (Wildman–Crippen LogP) is 5.82. The highest BCUT2D eigenvalue weighted by atomic mass is 35.5. The number of ether oxygens (including phenoxy) is 4. The van der Waals surface area contributed by atoms with Gasteiger partial charge in [-0.25, -0.2) is 4.79 Å². The number of aromatic nitrogens is 2. The van der Waals surface area contributed by atoms with E-state index in [0.717, 1.165) is 54.6 Å². The first-order chi connectivity index (χ1) is 17.7. The Hall–Kier alpha value is -2.68. The summed E-state index contributed by atoms with van der Waals surface area (Å²) in [5.41, 5.74) is 4.29. The number of halogens is 1. The van der Waals surface area contributed by atoms with Gasteiger partial charge in [-0.15, -0.1) is 10.2 Å². The molecule has 8 nitrogen and oxygen atoms in total. The molecule has 9 heteroatoms. The first kappa shape index (κ1) is 27.4. The summed E-state index contributed by atoms with van der Waals surface area (Å²) in [5, 5.41) is 12.9. The van der Waals surface area contributed by atoms with Crippen LogP contribution >= 0.6 is 11.6 Å². The Labute approximate surface area is 223 Å². The molecule has 2 heterocycles. The first-order valence-corrected chi connectivity index (χ1v) is 13.2. The van der Waals surface area contributed by atoms with Gasteiger partial charge in [-0.1, -0.05) is 17.7 Å². The third-order valence-electron chi connectivity index (χ3n) is 6.37. The number of amides is 1. The number of carbonyl (C=O) groups is 1. The first-order valence-electron chi connectivity index (χ1n) is 12.8. The fraction of sp³-hybridized carbons (Fsp3) is 0.536. The van der Waals surface area contributed by atoms with Crippen LogP contribution in [0.1, 0.15) is 57.7 Å². The quantitative estimate of drug-likeness (QED) is 0.471. The van der Waals surface area contributed by atoms with Gasteiger partial charge in [0.2, 0.25) is 0 Å². The van der Waals surface area contributed by atoms with Gasteiger partial charge in [-0.2, -0.15) is 0 Å². The van der Waals surface area contributed by atoms with Crippen LogP contribution in [0.15, 0.2) is 30.3 Å². The molecule has 0 bridgehead atoms. The van der Waals surface area contributed by atoms with E-state index in [1.54, 1.807) is 13.2 Å². The minimum atomic E-state index is -0.553. The Morgan fingerprint density at radius 2 is 2.08 bits per heavy atom. The smallest absolute Gasteiger partial charge is 0.407 e. The summed E-state index contributed by atoms with van der Waals surface area (Å²) in [5.74, 6) is 0.838. The summed E-state index contributed by atoms with van der Waals surface area (Å²) >= 11 is 6.20. The lowest BCUT2D eigenvalue weighted by Gasteiger charge is -2.31. The molecule has 1 amide bonds. The topological polar surface area (TPSA) is 91.8 Å². The lowest BCUT2D eigenvalue weighted by Crippen LogP contribution is -2.43. The molecule has 2 atom stereocenters. The highest BCUT2D eigenvalue weighted by Crippen LogP contribution is 2.38. The number of benzene rings is 1. The van der Waals surface area contributed by atoms with Crippen LogP contribution in [0.3, 0.4) is 0 Å². The molecule has 1 aliphatic heterocycles. The van der Waals surface area contributed by atoms with Crippen LogP contribution in [0, 0.1) is 5.92 Å². The number of allylic oxidation sites excluding steroid dienone is 2. The molecule has 1 unspecified atom stereocenters. The van der Waals surface area contributed by atoms with E-state index in [2.05, 4.69) is 22.6 Å². The van der Waals surface area contributed by atoms with Gasteiger partial charge in [0.1, 0.15) is 11.4 Å². The van der Waals surface area contributed by atoms with Crippen molar-refractivity contribution in [2.24, 2.45) is 5.92 Å². The summed E-state index contributed by atoms with van der Waals surface area (Å²) in [6, 6.07) is 7.42. The standard InChI is InChI=1S/C28H36ClN3O5/c1-28(2,3)37-27(33)30-21-13-18(8-6-12-35-16-21)22-9-5-7-19-14-24(31-32-26(19)22)23-11-10-20(29)15-25(23)36-17-34-4/h9-11,14-15,18,21H,5-8,12-13,16-17H2,1-4H3,(H,30,33)/t18-,21?/m1/s1. The highest BCUT2D eigenvalue weighted by Gasteiger charge is 2.29. The molecular formula is C28H36ClN3O5. The molecule has 4 rings (SSSR count). The maximum absolute atomic E-state index is 12.4. The van der Waals surface area contributed by atoms with E-state index >= 15 is 0 Å². The van der Waals surface area contributed by atoms with Crippen LogP contribution in [0.5, 0.6) is 5.75 Å². The average Bonchev–Trinajstić information content (AvgIpc) is 2.82. The van der Waals surface area contributed by atoms with E-state index in [4.69, 9.17) is 35.6 Å². The van der Waals surface area contributed by atoms with Crippen LogP contribution in [0.2, 0.25) is 5.02 Å². The zero-order valence-electron chi connectivity index (χ0n) is 22.0. The minimum Gasteiger partial charge on any atom is -0.467 e. The van der Waals surface area contributed by atoms with E-state index in [-0.39, 0.29) is 18.8 Å². The molecule has 0 radical (unpaired) electrons. The van der Waals surface area contributed by atoms with Gasteiger partial charge >= 0.3 is 6.09 Å². The van der Waals surface area contributed by atoms with Crippen molar-refractivity contribution in [1.29, 1.82) is 0 Å². The number of rotatable bonds is 6. The van der Waals surface area contributed by atoms with Gasteiger partial charge in [0.15, 0.2) is 6.79 Å². The zero-order chi connectivity index (χ0) is 26.4. The predicted molar refractivity (Wildman–Crippen MR) is 143 cm³/mol. The number of hydrogen-bond donors (Lipinski definition) is 1. The van der Waals surface area contributed by atoms with Gasteiger partial charge in [0.25, 0.3) is 0 Å². The van der Waals surface area contributed by atoms with E-state index < -0.39 is 11.7 Å².